The lowest BCUT2D eigenvalue weighted by Crippen LogP contribution is -2.22. The van der Waals surface area contributed by atoms with Crippen LogP contribution in [0.4, 0.5) is 0 Å². The summed E-state index contributed by atoms with van der Waals surface area (Å²) in [4.78, 5) is 18.0. The van der Waals surface area contributed by atoms with Crippen LogP contribution in [0.25, 0.3) is 28.7 Å². The third kappa shape index (κ3) is 3.88. The fraction of sp³-hybridized carbons (Fsp3) is 0.0435. The summed E-state index contributed by atoms with van der Waals surface area (Å²) in [5.41, 5.74) is 3.55. The van der Waals surface area contributed by atoms with Crippen molar-refractivity contribution in [3.05, 3.63) is 103 Å². The van der Waals surface area contributed by atoms with Gasteiger partial charge in [-0.3, -0.25) is 9.36 Å². The highest BCUT2D eigenvalue weighted by atomic mass is 127. The maximum Gasteiger partial charge on any atom is 0.266 e. The summed E-state index contributed by atoms with van der Waals surface area (Å²) in [5, 5.41) is 1.21. The van der Waals surface area contributed by atoms with Gasteiger partial charge in [0.1, 0.15) is 5.82 Å². The highest BCUT2D eigenvalue weighted by Crippen LogP contribution is 2.19. The third-order valence-corrected chi connectivity index (χ3v) is 5.37. The van der Waals surface area contributed by atoms with Crippen molar-refractivity contribution in [1.82, 2.24) is 9.55 Å². The Balaban J connectivity index is 1.93. The van der Waals surface area contributed by atoms with Crippen molar-refractivity contribution >= 4 is 57.2 Å². The van der Waals surface area contributed by atoms with E-state index < -0.39 is 0 Å². The minimum absolute atomic E-state index is 0.102. The Morgan fingerprint density at radius 2 is 1.68 bits per heavy atom. The van der Waals surface area contributed by atoms with Crippen molar-refractivity contribution in [3.8, 4) is 5.69 Å². The van der Waals surface area contributed by atoms with Gasteiger partial charge in [-0.05, 0) is 83.6 Å². The number of aromatic nitrogens is 2. The Kier molecular flexibility index (Phi) is 5.33. The summed E-state index contributed by atoms with van der Waals surface area (Å²) in [7, 11) is 0. The number of hydrogen-bond donors (Lipinski definition) is 0. The molecule has 3 aromatic carbocycles. The standard InChI is InChI=1S/C23H16ClIN2O/c1-15-2-4-16(5-3-15)6-13-22-26-21-12-9-18(25)14-20(21)23(28)27(22)19-10-7-17(24)8-11-19/h2-14H,1H3/b13-6+. The van der Waals surface area contributed by atoms with Crippen molar-refractivity contribution in [1.29, 1.82) is 0 Å². The largest absolute Gasteiger partial charge is 0.268 e. The summed E-state index contributed by atoms with van der Waals surface area (Å²) >= 11 is 8.23. The van der Waals surface area contributed by atoms with Crippen LogP contribution in [0.5, 0.6) is 0 Å². The quantitative estimate of drug-likeness (QED) is 0.319. The van der Waals surface area contributed by atoms with Crippen LogP contribution in [0.3, 0.4) is 0 Å². The van der Waals surface area contributed by atoms with Gasteiger partial charge >= 0.3 is 0 Å². The summed E-state index contributed by atoms with van der Waals surface area (Å²) in [6.07, 6.45) is 3.84. The Bertz CT molecular complexity index is 1240. The molecule has 28 heavy (non-hydrogen) atoms. The van der Waals surface area contributed by atoms with Gasteiger partial charge in [-0.15, -0.1) is 0 Å². The van der Waals surface area contributed by atoms with Gasteiger partial charge in [0.25, 0.3) is 5.56 Å². The first-order valence-electron chi connectivity index (χ1n) is 8.74. The number of halogens is 2. The molecule has 0 bridgehead atoms. The van der Waals surface area contributed by atoms with Crippen molar-refractivity contribution in [2.24, 2.45) is 0 Å². The van der Waals surface area contributed by atoms with Crippen LogP contribution in [-0.2, 0) is 0 Å². The van der Waals surface area contributed by atoms with E-state index in [2.05, 4.69) is 41.6 Å². The molecule has 4 aromatic rings. The van der Waals surface area contributed by atoms with Crippen LogP contribution in [0.2, 0.25) is 5.02 Å². The Labute approximate surface area is 181 Å². The van der Waals surface area contributed by atoms with E-state index in [-0.39, 0.29) is 5.56 Å². The molecule has 1 aromatic heterocycles. The van der Waals surface area contributed by atoms with Crippen molar-refractivity contribution in [2.45, 2.75) is 6.92 Å². The topological polar surface area (TPSA) is 34.9 Å². The second kappa shape index (κ2) is 7.89. The molecule has 0 aliphatic carbocycles. The van der Waals surface area contributed by atoms with Crippen LogP contribution in [-0.4, -0.2) is 9.55 Å². The summed E-state index contributed by atoms with van der Waals surface area (Å²) < 4.78 is 2.62. The highest BCUT2D eigenvalue weighted by molar-refractivity contribution is 14.1. The van der Waals surface area contributed by atoms with Crippen LogP contribution in [0.1, 0.15) is 17.0 Å². The lowest BCUT2D eigenvalue weighted by Gasteiger charge is -2.12. The normalized spacial score (nSPS) is 11.4. The van der Waals surface area contributed by atoms with E-state index in [4.69, 9.17) is 16.6 Å². The minimum Gasteiger partial charge on any atom is -0.268 e. The zero-order chi connectivity index (χ0) is 19.7. The molecule has 3 nitrogen and oxygen atoms in total. The van der Waals surface area contributed by atoms with Gasteiger partial charge in [0.2, 0.25) is 0 Å². The maximum atomic E-state index is 13.3. The molecule has 1 heterocycles. The second-order valence-corrected chi connectivity index (χ2v) is 8.17. The minimum atomic E-state index is -0.102. The Hall–Kier alpha value is -2.44. The monoisotopic (exact) mass is 498 g/mol. The van der Waals surface area contributed by atoms with Crippen molar-refractivity contribution < 1.29 is 0 Å². The molecule has 0 amide bonds. The molecule has 0 atom stereocenters. The van der Waals surface area contributed by atoms with E-state index in [0.717, 1.165) is 14.8 Å². The molecule has 0 saturated carbocycles. The van der Waals surface area contributed by atoms with E-state index in [1.807, 2.05) is 54.6 Å². The molecule has 0 aliphatic rings. The molecule has 0 spiro atoms. The smallest absolute Gasteiger partial charge is 0.266 e. The number of hydrogen-bond acceptors (Lipinski definition) is 2. The number of benzene rings is 3. The van der Waals surface area contributed by atoms with E-state index in [1.165, 1.54) is 5.56 Å². The molecule has 0 fully saturated rings. The van der Waals surface area contributed by atoms with Crippen LogP contribution >= 0.6 is 34.2 Å². The van der Waals surface area contributed by atoms with Crippen molar-refractivity contribution in [3.63, 3.8) is 0 Å². The molecule has 0 radical (unpaired) electrons. The zero-order valence-electron chi connectivity index (χ0n) is 15.1. The average Bonchev–Trinajstić information content (AvgIpc) is 2.69. The lowest BCUT2D eigenvalue weighted by molar-refractivity contribution is 0.944. The molecule has 138 valence electrons. The van der Waals surface area contributed by atoms with Crippen LogP contribution in [0.15, 0.2) is 71.5 Å². The molecule has 5 heteroatoms. The van der Waals surface area contributed by atoms with Crippen molar-refractivity contribution in [2.75, 3.05) is 0 Å². The molecular weight excluding hydrogens is 483 g/mol. The van der Waals surface area contributed by atoms with Crippen LogP contribution < -0.4 is 5.56 Å². The fourth-order valence-electron chi connectivity index (χ4n) is 2.97. The fourth-order valence-corrected chi connectivity index (χ4v) is 3.59. The van der Waals surface area contributed by atoms with Gasteiger partial charge in [0.05, 0.1) is 16.6 Å². The predicted octanol–water partition coefficient (Wildman–Crippen LogP) is 6.12. The van der Waals surface area contributed by atoms with E-state index in [1.54, 1.807) is 16.7 Å². The number of rotatable bonds is 3. The lowest BCUT2D eigenvalue weighted by atomic mass is 10.1. The van der Waals surface area contributed by atoms with E-state index >= 15 is 0 Å². The van der Waals surface area contributed by atoms with E-state index in [0.29, 0.717) is 21.7 Å². The first-order valence-corrected chi connectivity index (χ1v) is 10.2. The van der Waals surface area contributed by atoms with Crippen LogP contribution in [0, 0.1) is 10.5 Å². The van der Waals surface area contributed by atoms with E-state index in [9.17, 15) is 4.79 Å². The first kappa shape index (κ1) is 18.9. The molecule has 4 rings (SSSR count). The van der Waals surface area contributed by atoms with Gasteiger partial charge in [-0.25, -0.2) is 4.98 Å². The third-order valence-electron chi connectivity index (χ3n) is 4.44. The highest BCUT2D eigenvalue weighted by Gasteiger charge is 2.11. The SMILES string of the molecule is Cc1ccc(/C=C/c2nc3ccc(I)cc3c(=O)n2-c2ccc(Cl)cc2)cc1. The Morgan fingerprint density at radius 3 is 2.39 bits per heavy atom. The van der Waals surface area contributed by atoms with Gasteiger partial charge in [-0.2, -0.15) is 0 Å². The summed E-state index contributed by atoms with van der Waals surface area (Å²) in [6.45, 7) is 2.05. The number of nitrogens with zero attached hydrogens (tertiary/aromatic N) is 2. The van der Waals surface area contributed by atoms with Gasteiger partial charge in [0, 0.05) is 8.59 Å². The van der Waals surface area contributed by atoms with Gasteiger partial charge in [0.15, 0.2) is 0 Å². The Morgan fingerprint density at radius 1 is 0.964 bits per heavy atom. The maximum absolute atomic E-state index is 13.3. The summed E-state index contributed by atoms with van der Waals surface area (Å²) in [6, 6.07) is 21.1. The number of aryl methyl sites for hydroxylation is 1. The van der Waals surface area contributed by atoms with Gasteiger partial charge < -0.3 is 0 Å². The molecular formula is C23H16ClIN2O. The molecule has 0 unspecified atom stereocenters. The first-order chi connectivity index (χ1) is 13.5. The zero-order valence-corrected chi connectivity index (χ0v) is 18.0. The molecule has 0 N–H and O–H groups in total. The average molecular weight is 499 g/mol. The summed E-state index contributed by atoms with van der Waals surface area (Å²) in [5.74, 6) is 0.571. The van der Waals surface area contributed by atoms with Gasteiger partial charge in [-0.1, -0.05) is 47.5 Å². The predicted molar refractivity (Wildman–Crippen MR) is 125 cm³/mol. The second-order valence-electron chi connectivity index (χ2n) is 6.49. The molecule has 0 saturated heterocycles. The number of fused-ring (bicyclic) bond motifs is 1. The molecule has 0 aliphatic heterocycles.